The Morgan fingerprint density at radius 2 is 1.35 bits per heavy atom. The van der Waals surface area contributed by atoms with Crippen LogP contribution in [0.2, 0.25) is 0 Å². The van der Waals surface area contributed by atoms with Crippen LogP contribution in [0.25, 0.3) is 33.5 Å². The minimum absolute atomic E-state index is 0.0557. The fourth-order valence-corrected chi connectivity index (χ4v) is 5.13. The van der Waals surface area contributed by atoms with Crippen molar-refractivity contribution < 1.29 is 14.3 Å². The molecule has 1 N–H and O–H groups in total. The van der Waals surface area contributed by atoms with E-state index in [9.17, 15) is 4.79 Å². The lowest BCUT2D eigenvalue weighted by molar-refractivity contribution is 0.0891. The molecule has 190 valence electrons. The minimum Gasteiger partial charge on any atom is -0.497 e. The molecule has 1 amide bonds. The summed E-state index contributed by atoms with van der Waals surface area (Å²) < 4.78 is 10.7. The Morgan fingerprint density at radius 3 is 1.92 bits per heavy atom. The van der Waals surface area contributed by atoms with Crippen molar-refractivity contribution in [2.45, 2.75) is 39.2 Å². The monoisotopic (exact) mass is 495 g/mol. The summed E-state index contributed by atoms with van der Waals surface area (Å²) in [5.41, 5.74) is 5.38. The molecule has 3 atom stereocenters. The predicted octanol–water partition coefficient (Wildman–Crippen LogP) is 6.54. The van der Waals surface area contributed by atoms with Gasteiger partial charge in [0, 0.05) is 22.7 Å². The highest BCUT2D eigenvalue weighted by molar-refractivity contribution is 5.98. The molecule has 0 spiro atoms. The van der Waals surface area contributed by atoms with Crippen molar-refractivity contribution in [1.82, 2.24) is 15.3 Å². The number of methoxy groups -OCH3 is 2. The lowest BCUT2D eigenvalue weighted by Gasteiger charge is -2.34. The molecule has 0 radical (unpaired) electrons. The molecule has 4 aromatic rings. The minimum atomic E-state index is -0.0557. The molecule has 0 bridgehead atoms. The van der Waals surface area contributed by atoms with Gasteiger partial charge >= 0.3 is 0 Å². The summed E-state index contributed by atoms with van der Waals surface area (Å²) in [7, 11) is 3.30. The van der Waals surface area contributed by atoms with Gasteiger partial charge in [0.05, 0.1) is 36.6 Å². The zero-order valence-corrected chi connectivity index (χ0v) is 21.8. The number of ether oxygens (including phenoxy) is 2. The van der Waals surface area contributed by atoms with E-state index in [4.69, 9.17) is 19.4 Å². The van der Waals surface area contributed by atoms with Gasteiger partial charge in [0.1, 0.15) is 11.5 Å². The Bertz CT molecular complexity index is 1400. The van der Waals surface area contributed by atoms with Crippen LogP contribution in [-0.2, 0) is 0 Å². The molecule has 6 heteroatoms. The number of carbonyl (C=O) groups is 1. The molecule has 1 aliphatic rings. The standard InChI is InChI=1S/C31H33N3O3/c1-19-6-5-7-26(20(19)2)34-31(35)23-12-17-27-28(18-23)33-30(22-10-15-25(37-4)16-11-22)29(32-27)21-8-13-24(36-3)14-9-21/h8-20,26H,5-7H2,1-4H3,(H,34,35)/t19-,20+,26+/m0/s1. The zero-order chi connectivity index (χ0) is 25.9. The van der Waals surface area contributed by atoms with Gasteiger partial charge in [-0.2, -0.15) is 0 Å². The maximum absolute atomic E-state index is 13.2. The van der Waals surface area contributed by atoms with Crippen molar-refractivity contribution in [3.63, 3.8) is 0 Å². The van der Waals surface area contributed by atoms with Crippen LogP contribution in [0.15, 0.2) is 66.7 Å². The molecular weight excluding hydrogens is 462 g/mol. The van der Waals surface area contributed by atoms with E-state index in [1.165, 1.54) is 6.42 Å². The molecule has 5 rings (SSSR count). The highest BCUT2D eigenvalue weighted by atomic mass is 16.5. The second-order valence-electron chi connectivity index (χ2n) is 9.93. The lowest BCUT2D eigenvalue weighted by atomic mass is 9.78. The van der Waals surface area contributed by atoms with Gasteiger partial charge in [0.15, 0.2) is 0 Å². The molecule has 1 fully saturated rings. The summed E-state index contributed by atoms with van der Waals surface area (Å²) in [6, 6.07) is 21.3. The molecule has 1 saturated carbocycles. The van der Waals surface area contributed by atoms with Crippen LogP contribution < -0.4 is 14.8 Å². The van der Waals surface area contributed by atoms with Gasteiger partial charge in [-0.25, -0.2) is 9.97 Å². The van der Waals surface area contributed by atoms with Crippen LogP contribution in [0.4, 0.5) is 0 Å². The third-order valence-corrected chi connectivity index (χ3v) is 7.68. The first-order chi connectivity index (χ1) is 18.0. The Kier molecular flexibility index (Phi) is 7.08. The van der Waals surface area contributed by atoms with Gasteiger partial charge in [-0.3, -0.25) is 4.79 Å². The van der Waals surface area contributed by atoms with E-state index < -0.39 is 0 Å². The summed E-state index contributed by atoms with van der Waals surface area (Å²) in [4.78, 5) is 23.2. The number of hydrogen-bond acceptors (Lipinski definition) is 5. The van der Waals surface area contributed by atoms with Crippen LogP contribution >= 0.6 is 0 Å². The first-order valence-corrected chi connectivity index (χ1v) is 12.9. The summed E-state index contributed by atoms with van der Waals surface area (Å²) >= 11 is 0. The molecule has 1 aromatic heterocycles. The van der Waals surface area contributed by atoms with Crippen LogP contribution in [0, 0.1) is 11.8 Å². The van der Waals surface area contributed by atoms with E-state index in [2.05, 4.69) is 19.2 Å². The molecule has 0 unspecified atom stereocenters. The molecule has 6 nitrogen and oxygen atoms in total. The van der Waals surface area contributed by atoms with E-state index in [0.29, 0.717) is 22.9 Å². The number of hydrogen-bond donors (Lipinski definition) is 1. The van der Waals surface area contributed by atoms with Crippen LogP contribution in [-0.4, -0.2) is 36.1 Å². The van der Waals surface area contributed by atoms with Crippen LogP contribution in [0.1, 0.15) is 43.5 Å². The number of benzene rings is 3. The number of nitrogens with zero attached hydrogens (tertiary/aromatic N) is 2. The summed E-state index contributed by atoms with van der Waals surface area (Å²) in [5, 5.41) is 3.27. The molecule has 0 saturated heterocycles. The zero-order valence-electron chi connectivity index (χ0n) is 21.8. The fourth-order valence-electron chi connectivity index (χ4n) is 5.13. The maximum atomic E-state index is 13.2. The molecule has 1 heterocycles. The third kappa shape index (κ3) is 5.15. The van der Waals surface area contributed by atoms with Crippen molar-refractivity contribution in [3.8, 4) is 34.0 Å². The molecule has 1 aliphatic carbocycles. The van der Waals surface area contributed by atoms with Gasteiger partial charge in [-0.15, -0.1) is 0 Å². The first-order valence-electron chi connectivity index (χ1n) is 12.9. The molecule has 37 heavy (non-hydrogen) atoms. The van der Waals surface area contributed by atoms with Crippen LogP contribution in [0.5, 0.6) is 11.5 Å². The van der Waals surface area contributed by atoms with Crippen LogP contribution in [0.3, 0.4) is 0 Å². The largest absolute Gasteiger partial charge is 0.497 e. The van der Waals surface area contributed by atoms with E-state index in [1.54, 1.807) is 14.2 Å². The number of rotatable bonds is 6. The van der Waals surface area contributed by atoms with E-state index in [0.717, 1.165) is 52.4 Å². The second kappa shape index (κ2) is 10.6. The highest BCUT2D eigenvalue weighted by Gasteiger charge is 2.28. The van der Waals surface area contributed by atoms with E-state index >= 15 is 0 Å². The topological polar surface area (TPSA) is 73.3 Å². The number of aromatic nitrogens is 2. The summed E-state index contributed by atoms with van der Waals surface area (Å²) in [5.74, 6) is 2.58. The van der Waals surface area contributed by atoms with Crippen molar-refractivity contribution in [2.24, 2.45) is 11.8 Å². The average molecular weight is 496 g/mol. The van der Waals surface area contributed by atoms with Gasteiger partial charge < -0.3 is 14.8 Å². The van der Waals surface area contributed by atoms with E-state index in [1.807, 2.05) is 66.7 Å². The van der Waals surface area contributed by atoms with Gasteiger partial charge in [-0.05, 0) is 85.0 Å². The highest BCUT2D eigenvalue weighted by Crippen LogP contribution is 2.33. The first kappa shape index (κ1) is 24.8. The number of fused-ring (bicyclic) bond motifs is 1. The predicted molar refractivity (Wildman–Crippen MR) is 147 cm³/mol. The fraction of sp³-hybridized carbons (Fsp3) is 0.323. The number of carbonyl (C=O) groups excluding carboxylic acids is 1. The normalized spacial score (nSPS) is 19.4. The van der Waals surface area contributed by atoms with Crippen molar-refractivity contribution in [3.05, 3.63) is 72.3 Å². The summed E-state index contributed by atoms with van der Waals surface area (Å²) in [6.07, 6.45) is 3.40. The molecular formula is C31H33N3O3. The van der Waals surface area contributed by atoms with Gasteiger partial charge in [0.25, 0.3) is 5.91 Å². The number of amides is 1. The maximum Gasteiger partial charge on any atom is 0.251 e. The quantitative estimate of drug-likeness (QED) is 0.329. The molecule has 0 aliphatic heterocycles. The Balaban J connectivity index is 1.54. The Morgan fingerprint density at radius 1 is 0.784 bits per heavy atom. The van der Waals surface area contributed by atoms with Gasteiger partial charge in [-0.1, -0.05) is 26.7 Å². The van der Waals surface area contributed by atoms with Crippen molar-refractivity contribution in [1.29, 1.82) is 0 Å². The smallest absolute Gasteiger partial charge is 0.251 e. The summed E-state index contributed by atoms with van der Waals surface area (Å²) in [6.45, 7) is 4.51. The van der Waals surface area contributed by atoms with Crippen molar-refractivity contribution in [2.75, 3.05) is 14.2 Å². The Labute approximate surface area is 218 Å². The lowest BCUT2D eigenvalue weighted by Crippen LogP contribution is -2.43. The SMILES string of the molecule is COc1ccc(-c2nc3ccc(C(=O)N[C@@H]4CCC[C@H](C)[C@H]4C)cc3nc2-c2ccc(OC)cc2)cc1. The average Bonchev–Trinajstić information content (AvgIpc) is 2.94. The second-order valence-corrected chi connectivity index (χ2v) is 9.93. The third-order valence-electron chi connectivity index (χ3n) is 7.68. The molecule has 3 aromatic carbocycles. The Hall–Kier alpha value is -3.93. The van der Waals surface area contributed by atoms with Crippen molar-refractivity contribution >= 4 is 16.9 Å². The van der Waals surface area contributed by atoms with E-state index in [-0.39, 0.29) is 11.9 Å². The van der Waals surface area contributed by atoms with Gasteiger partial charge in [0.2, 0.25) is 0 Å². The number of nitrogens with one attached hydrogen (secondary N) is 1.